The number of piperidine rings is 1. The van der Waals surface area contributed by atoms with E-state index in [0.717, 1.165) is 43.2 Å². The van der Waals surface area contributed by atoms with E-state index in [9.17, 15) is 19.5 Å². The lowest BCUT2D eigenvalue weighted by atomic mass is 9.78. The summed E-state index contributed by atoms with van der Waals surface area (Å²) >= 11 is 0. The third-order valence-corrected chi connectivity index (χ3v) is 7.87. The Balaban J connectivity index is 1.23. The Hall–Kier alpha value is -3.35. The molecule has 2 aromatic rings. The first kappa shape index (κ1) is 23.4. The Morgan fingerprint density at radius 1 is 0.943 bits per heavy atom. The van der Waals surface area contributed by atoms with Gasteiger partial charge in [-0.05, 0) is 60.3 Å². The van der Waals surface area contributed by atoms with E-state index in [0.29, 0.717) is 13.0 Å². The normalized spacial score (nSPS) is 20.3. The number of fused-ring (bicyclic) bond motifs is 3. The monoisotopic (exact) mass is 476 g/mol. The van der Waals surface area contributed by atoms with Crippen LogP contribution in [0.5, 0.6) is 0 Å². The summed E-state index contributed by atoms with van der Waals surface area (Å²) in [6, 6.07) is 15.3. The third-order valence-electron chi connectivity index (χ3n) is 7.87. The number of benzene rings is 2. The number of ether oxygens (including phenoxy) is 1. The summed E-state index contributed by atoms with van der Waals surface area (Å²) in [7, 11) is 0. The summed E-state index contributed by atoms with van der Waals surface area (Å²) in [4.78, 5) is 39.0. The average molecular weight is 477 g/mol. The second-order valence-corrected chi connectivity index (χ2v) is 9.91. The van der Waals surface area contributed by atoms with Crippen molar-refractivity contribution in [2.75, 3.05) is 13.2 Å². The van der Waals surface area contributed by atoms with E-state index in [1.165, 1.54) is 16.0 Å². The van der Waals surface area contributed by atoms with Crippen LogP contribution in [0.15, 0.2) is 48.5 Å². The molecule has 0 aromatic heterocycles. The molecule has 2 fully saturated rings. The Morgan fingerprint density at radius 3 is 2.20 bits per heavy atom. The van der Waals surface area contributed by atoms with Gasteiger partial charge in [0.2, 0.25) is 5.91 Å². The fraction of sp³-hybridized carbons (Fsp3) is 0.464. The Kier molecular flexibility index (Phi) is 6.75. The fourth-order valence-corrected chi connectivity index (χ4v) is 5.76. The molecule has 2 atom stereocenters. The van der Waals surface area contributed by atoms with Gasteiger partial charge in [0, 0.05) is 24.9 Å². The molecule has 184 valence electrons. The molecule has 1 unspecified atom stereocenters. The number of hydrogen-bond acceptors (Lipinski definition) is 4. The Morgan fingerprint density at radius 2 is 1.60 bits per heavy atom. The van der Waals surface area contributed by atoms with Gasteiger partial charge in [0.1, 0.15) is 12.6 Å². The molecule has 3 aliphatic rings. The highest BCUT2D eigenvalue weighted by atomic mass is 16.5. The van der Waals surface area contributed by atoms with Gasteiger partial charge in [-0.15, -0.1) is 0 Å². The highest BCUT2D eigenvalue weighted by molar-refractivity contribution is 5.84. The van der Waals surface area contributed by atoms with Crippen molar-refractivity contribution < 1.29 is 24.2 Å². The van der Waals surface area contributed by atoms with Gasteiger partial charge >= 0.3 is 12.1 Å². The van der Waals surface area contributed by atoms with Gasteiger partial charge in [-0.3, -0.25) is 4.79 Å². The highest BCUT2D eigenvalue weighted by Crippen LogP contribution is 2.44. The van der Waals surface area contributed by atoms with Crippen LogP contribution in [0.2, 0.25) is 0 Å². The number of carbonyl (C=O) groups is 3. The average Bonchev–Trinajstić information content (AvgIpc) is 3.15. The molecule has 2 N–H and O–H groups in total. The fourth-order valence-electron chi connectivity index (χ4n) is 5.76. The smallest absolute Gasteiger partial charge is 0.407 e. The van der Waals surface area contributed by atoms with Crippen LogP contribution < -0.4 is 5.32 Å². The zero-order valence-corrected chi connectivity index (χ0v) is 19.8. The number of likely N-dealkylation sites (tertiary alicyclic amines) is 1. The zero-order valence-electron chi connectivity index (χ0n) is 19.8. The molecule has 7 heteroatoms. The van der Waals surface area contributed by atoms with E-state index in [2.05, 4.69) is 29.6 Å². The van der Waals surface area contributed by atoms with Gasteiger partial charge in [-0.2, -0.15) is 0 Å². The van der Waals surface area contributed by atoms with Crippen molar-refractivity contribution in [2.24, 2.45) is 5.92 Å². The number of amides is 2. The molecular formula is C28H32N2O5. The lowest BCUT2D eigenvalue weighted by Crippen LogP contribution is -2.51. The first-order valence-corrected chi connectivity index (χ1v) is 12.7. The number of alkyl carbamates (subject to hydrolysis) is 1. The molecular weight excluding hydrogens is 444 g/mol. The highest BCUT2D eigenvalue weighted by Gasteiger charge is 2.37. The number of carboxylic acid groups (broad SMARTS) is 1. The minimum Gasteiger partial charge on any atom is -0.480 e. The molecule has 0 spiro atoms. The lowest BCUT2D eigenvalue weighted by Gasteiger charge is -2.37. The second-order valence-electron chi connectivity index (χ2n) is 9.91. The summed E-state index contributed by atoms with van der Waals surface area (Å²) in [5.74, 6) is -0.968. The molecule has 35 heavy (non-hydrogen) atoms. The number of carbonyl (C=O) groups excluding carboxylic acids is 2. The maximum atomic E-state index is 13.1. The minimum absolute atomic E-state index is 0.0263. The molecule has 1 heterocycles. The number of nitrogens with one attached hydrogen (secondary N) is 1. The summed E-state index contributed by atoms with van der Waals surface area (Å²) in [5.41, 5.74) is 4.64. The van der Waals surface area contributed by atoms with Gasteiger partial charge in [-0.25, -0.2) is 9.59 Å². The maximum absolute atomic E-state index is 13.1. The number of rotatable bonds is 7. The molecule has 7 nitrogen and oxygen atoms in total. The third kappa shape index (κ3) is 4.77. The van der Waals surface area contributed by atoms with Crippen molar-refractivity contribution >= 4 is 18.0 Å². The molecule has 0 bridgehead atoms. The van der Waals surface area contributed by atoms with Crippen molar-refractivity contribution in [3.63, 3.8) is 0 Å². The van der Waals surface area contributed by atoms with Crippen LogP contribution in [0.3, 0.4) is 0 Å². The van der Waals surface area contributed by atoms with E-state index >= 15 is 0 Å². The van der Waals surface area contributed by atoms with Gasteiger partial charge in [0.05, 0.1) is 0 Å². The van der Waals surface area contributed by atoms with E-state index < -0.39 is 18.1 Å². The number of hydrogen-bond donors (Lipinski definition) is 2. The van der Waals surface area contributed by atoms with Crippen LogP contribution >= 0.6 is 0 Å². The van der Waals surface area contributed by atoms with Crippen LogP contribution in [0.25, 0.3) is 11.1 Å². The summed E-state index contributed by atoms with van der Waals surface area (Å²) in [6.07, 6.45) is 4.66. The van der Waals surface area contributed by atoms with Crippen molar-refractivity contribution in [1.82, 2.24) is 10.2 Å². The summed E-state index contributed by atoms with van der Waals surface area (Å²) in [5, 5.41) is 12.5. The molecule has 2 aliphatic carbocycles. The first-order valence-electron chi connectivity index (χ1n) is 12.7. The van der Waals surface area contributed by atoms with Gasteiger partial charge in [-0.1, -0.05) is 55.0 Å². The predicted molar refractivity (Wildman–Crippen MR) is 131 cm³/mol. The lowest BCUT2D eigenvalue weighted by molar-refractivity contribution is -0.152. The van der Waals surface area contributed by atoms with E-state index in [-0.39, 0.29) is 36.8 Å². The summed E-state index contributed by atoms with van der Waals surface area (Å²) in [6.45, 7) is 0.677. The van der Waals surface area contributed by atoms with Crippen LogP contribution in [-0.4, -0.2) is 53.2 Å². The molecule has 1 saturated heterocycles. The number of carboxylic acids is 1. The van der Waals surface area contributed by atoms with Crippen LogP contribution in [0.1, 0.15) is 62.0 Å². The van der Waals surface area contributed by atoms with E-state index in [1.807, 2.05) is 24.3 Å². The topological polar surface area (TPSA) is 95.9 Å². The van der Waals surface area contributed by atoms with Crippen LogP contribution in [0, 0.1) is 5.92 Å². The van der Waals surface area contributed by atoms with Crippen LogP contribution in [0.4, 0.5) is 4.79 Å². The quantitative estimate of drug-likeness (QED) is 0.611. The molecule has 1 saturated carbocycles. The molecule has 0 radical (unpaired) electrons. The van der Waals surface area contributed by atoms with E-state index in [1.54, 1.807) is 0 Å². The largest absolute Gasteiger partial charge is 0.480 e. The van der Waals surface area contributed by atoms with Gasteiger partial charge in [0.25, 0.3) is 0 Å². The molecule has 2 amide bonds. The molecule has 2 aromatic carbocycles. The van der Waals surface area contributed by atoms with Crippen LogP contribution in [-0.2, 0) is 14.3 Å². The standard InChI is InChI=1S/C28H32N2O5/c31-26(30-15-6-5-14-25(30)27(32)33)16-24(18-8-7-9-18)29-28(34)35-17-23-21-12-3-1-10-19(21)20-11-2-4-13-22(20)23/h1-4,10-13,18,23-25H,5-9,14-17H2,(H,29,34)(H,32,33)/t24?,25-/m1/s1. The van der Waals surface area contributed by atoms with Gasteiger partial charge in [0.15, 0.2) is 0 Å². The van der Waals surface area contributed by atoms with Crippen molar-refractivity contribution in [3.05, 3.63) is 59.7 Å². The van der Waals surface area contributed by atoms with E-state index in [4.69, 9.17) is 4.74 Å². The second kappa shape index (κ2) is 10.1. The van der Waals surface area contributed by atoms with Crippen molar-refractivity contribution in [1.29, 1.82) is 0 Å². The molecule has 5 rings (SSSR count). The SMILES string of the molecule is O=C(NC(CC(=O)N1CCCC[C@@H]1C(=O)O)C1CCC1)OCC1c2ccccc2-c2ccccc21. The zero-order chi connectivity index (χ0) is 24.4. The predicted octanol–water partition coefficient (Wildman–Crippen LogP) is 4.55. The van der Waals surface area contributed by atoms with Crippen molar-refractivity contribution in [2.45, 2.75) is 62.9 Å². The summed E-state index contributed by atoms with van der Waals surface area (Å²) < 4.78 is 5.71. The van der Waals surface area contributed by atoms with Gasteiger partial charge < -0.3 is 20.1 Å². The Bertz CT molecular complexity index is 1070. The first-order chi connectivity index (χ1) is 17.0. The maximum Gasteiger partial charge on any atom is 0.407 e. The number of aliphatic carboxylic acids is 1. The Labute approximate surface area is 205 Å². The minimum atomic E-state index is -0.956. The number of nitrogens with zero attached hydrogens (tertiary/aromatic N) is 1. The molecule has 1 aliphatic heterocycles. The van der Waals surface area contributed by atoms with Crippen molar-refractivity contribution in [3.8, 4) is 11.1 Å².